The lowest BCUT2D eigenvalue weighted by atomic mass is 10.0. The van der Waals surface area contributed by atoms with Gasteiger partial charge in [-0.15, -0.1) is 0 Å². The number of hydrogen-bond acceptors (Lipinski definition) is 9. The molecule has 0 unspecified atom stereocenters. The second-order valence-electron chi connectivity index (χ2n) is 11.1. The number of hydrogen-bond donors (Lipinski definition) is 0. The highest BCUT2D eigenvalue weighted by molar-refractivity contribution is 6.09. The largest absolute Gasteiger partial charge is 0.436 e. The SMILES string of the molecule is Cn1nc2cccc(N(c3ccc(-c4ccccc4)c4nn(C)nc34)c3ccc(-c4nc5ccccc5o4)c4nn(C)nc34)c2n1. The topological polar surface area (TPSA) is 121 Å². The first-order chi connectivity index (χ1) is 22.5. The van der Waals surface area contributed by atoms with E-state index in [0.717, 1.165) is 61.3 Å². The van der Waals surface area contributed by atoms with E-state index in [1.54, 1.807) is 14.4 Å². The molecule has 46 heavy (non-hydrogen) atoms. The number of anilines is 3. The average Bonchev–Trinajstić information content (AvgIpc) is 3.85. The zero-order valence-electron chi connectivity index (χ0n) is 25.1. The summed E-state index contributed by atoms with van der Waals surface area (Å²) in [5.41, 5.74) is 11.0. The van der Waals surface area contributed by atoms with Crippen LogP contribution in [0.25, 0.3) is 66.8 Å². The fourth-order valence-corrected chi connectivity index (χ4v) is 6.13. The third kappa shape index (κ3) is 3.97. The highest BCUT2D eigenvalue weighted by Crippen LogP contribution is 2.45. The summed E-state index contributed by atoms with van der Waals surface area (Å²) in [5.74, 6) is 0.476. The number of fused-ring (bicyclic) bond motifs is 4. The molecule has 0 fully saturated rings. The predicted molar refractivity (Wildman–Crippen MR) is 176 cm³/mol. The quantitative estimate of drug-likeness (QED) is 0.218. The minimum absolute atomic E-state index is 0.476. The Bertz CT molecular complexity index is 2560. The van der Waals surface area contributed by atoms with Crippen LogP contribution in [0.1, 0.15) is 0 Å². The van der Waals surface area contributed by atoms with Gasteiger partial charge in [-0.05, 0) is 54.1 Å². The molecule has 0 bridgehead atoms. The summed E-state index contributed by atoms with van der Waals surface area (Å²) in [6.45, 7) is 0. The van der Waals surface area contributed by atoms with Crippen molar-refractivity contribution < 1.29 is 4.42 Å². The third-order valence-electron chi connectivity index (χ3n) is 8.06. The van der Waals surface area contributed by atoms with Gasteiger partial charge in [0.05, 0.1) is 22.6 Å². The summed E-state index contributed by atoms with van der Waals surface area (Å²) in [7, 11) is 5.46. The van der Waals surface area contributed by atoms with Crippen molar-refractivity contribution in [2.75, 3.05) is 4.90 Å². The molecule has 12 heteroatoms. The molecule has 0 aliphatic heterocycles. The maximum atomic E-state index is 6.17. The maximum absolute atomic E-state index is 6.17. The summed E-state index contributed by atoms with van der Waals surface area (Å²) >= 11 is 0. The second-order valence-corrected chi connectivity index (χ2v) is 11.1. The van der Waals surface area contributed by atoms with Crippen LogP contribution in [0.2, 0.25) is 0 Å². The van der Waals surface area contributed by atoms with Crippen LogP contribution >= 0.6 is 0 Å². The van der Waals surface area contributed by atoms with Crippen LogP contribution in [0.3, 0.4) is 0 Å². The van der Waals surface area contributed by atoms with Gasteiger partial charge >= 0.3 is 0 Å². The fraction of sp³-hybridized carbons (Fsp3) is 0.0882. The summed E-state index contributed by atoms with van der Waals surface area (Å²) in [6.07, 6.45) is 0. The van der Waals surface area contributed by atoms with Gasteiger partial charge in [0, 0.05) is 26.7 Å². The Morgan fingerprint density at radius 1 is 0.478 bits per heavy atom. The second kappa shape index (κ2) is 9.79. The molecule has 0 spiro atoms. The molecule has 0 saturated heterocycles. The number of benzene rings is 5. The fourth-order valence-electron chi connectivity index (χ4n) is 6.13. The summed E-state index contributed by atoms with van der Waals surface area (Å²) in [6, 6.07) is 32.0. The van der Waals surface area contributed by atoms with E-state index in [1.165, 1.54) is 0 Å². The zero-order valence-corrected chi connectivity index (χ0v) is 25.1. The number of aryl methyl sites for hydroxylation is 3. The van der Waals surface area contributed by atoms with E-state index >= 15 is 0 Å². The van der Waals surface area contributed by atoms with Crippen molar-refractivity contribution >= 4 is 61.3 Å². The minimum atomic E-state index is 0.476. The van der Waals surface area contributed by atoms with Gasteiger partial charge in [0.15, 0.2) is 5.58 Å². The van der Waals surface area contributed by atoms with Gasteiger partial charge < -0.3 is 9.32 Å². The van der Waals surface area contributed by atoms with Crippen molar-refractivity contribution in [3.63, 3.8) is 0 Å². The Balaban J connectivity index is 1.34. The molecule has 0 atom stereocenters. The number of oxazole rings is 1. The molecule has 0 amide bonds. The Kier molecular flexibility index (Phi) is 5.54. The Morgan fingerprint density at radius 2 is 1.04 bits per heavy atom. The number of nitrogens with zero attached hydrogens (tertiary/aromatic N) is 11. The molecular weight excluding hydrogens is 578 g/mol. The number of para-hydroxylation sites is 2. The zero-order chi connectivity index (χ0) is 30.9. The summed E-state index contributed by atoms with van der Waals surface area (Å²) in [4.78, 5) is 11.6. The van der Waals surface area contributed by atoms with Gasteiger partial charge in [0.2, 0.25) is 5.89 Å². The lowest BCUT2D eigenvalue weighted by molar-refractivity contribution is 0.620. The van der Waals surface area contributed by atoms with E-state index in [0.29, 0.717) is 22.5 Å². The molecule has 222 valence electrons. The Hall–Kier alpha value is -6.43. The molecule has 0 aliphatic rings. The summed E-state index contributed by atoms with van der Waals surface area (Å²) < 4.78 is 6.17. The van der Waals surface area contributed by atoms with Gasteiger partial charge in [-0.1, -0.05) is 48.5 Å². The van der Waals surface area contributed by atoms with Crippen LogP contribution in [0, 0.1) is 0 Å². The van der Waals surface area contributed by atoms with Crippen molar-refractivity contribution in [3.8, 4) is 22.6 Å². The van der Waals surface area contributed by atoms with Crippen LogP contribution in [-0.4, -0.2) is 50.0 Å². The molecule has 12 nitrogen and oxygen atoms in total. The van der Waals surface area contributed by atoms with Crippen LogP contribution in [0.15, 0.2) is 101 Å². The van der Waals surface area contributed by atoms with E-state index in [1.807, 2.05) is 93.9 Å². The van der Waals surface area contributed by atoms with Gasteiger partial charge in [0.1, 0.15) is 38.6 Å². The molecule has 0 saturated carbocycles. The van der Waals surface area contributed by atoms with Gasteiger partial charge in [-0.2, -0.15) is 45.0 Å². The first-order valence-corrected chi connectivity index (χ1v) is 14.7. The van der Waals surface area contributed by atoms with Crippen LogP contribution in [-0.2, 0) is 21.1 Å². The summed E-state index contributed by atoms with van der Waals surface area (Å²) in [5, 5.41) is 28.7. The average molecular weight is 604 g/mol. The lowest BCUT2D eigenvalue weighted by Gasteiger charge is -2.26. The molecule has 0 radical (unpaired) electrons. The molecule has 0 aliphatic carbocycles. The molecule has 5 aromatic carbocycles. The van der Waals surface area contributed by atoms with Crippen molar-refractivity contribution in [3.05, 3.63) is 97.1 Å². The van der Waals surface area contributed by atoms with Gasteiger partial charge in [0.25, 0.3) is 0 Å². The third-order valence-corrected chi connectivity index (χ3v) is 8.06. The maximum Gasteiger partial charge on any atom is 0.229 e. The monoisotopic (exact) mass is 603 g/mol. The highest BCUT2D eigenvalue weighted by atomic mass is 16.3. The van der Waals surface area contributed by atoms with E-state index in [9.17, 15) is 0 Å². The number of rotatable bonds is 5. The van der Waals surface area contributed by atoms with Crippen molar-refractivity contribution in [2.45, 2.75) is 0 Å². The van der Waals surface area contributed by atoms with E-state index in [2.05, 4.69) is 34.3 Å². The first-order valence-electron chi connectivity index (χ1n) is 14.7. The van der Waals surface area contributed by atoms with E-state index in [-0.39, 0.29) is 0 Å². The van der Waals surface area contributed by atoms with Gasteiger partial charge in [-0.25, -0.2) is 4.98 Å². The normalized spacial score (nSPS) is 11.8. The van der Waals surface area contributed by atoms with Crippen LogP contribution < -0.4 is 4.90 Å². The lowest BCUT2D eigenvalue weighted by Crippen LogP contribution is -2.12. The standard InChI is InChI=1S/C34H25N11O/c1-42-36-24-13-9-14-25(31(24)39-42)45(26-18-16-21(20-10-5-4-6-11-20)29-32(26)40-43(2)37-29)27-19-17-22(30-33(27)41-44(3)38-30)34-35-23-12-7-8-15-28(23)46-34/h4-19H,1-3H3. The minimum Gasteiger partial charge on any atom is -0.436 e. The van der Waals surface area contributed by atoms with Crippen molar-refractivity contribution in [1.29, 1.82) is 0 Å². The Labute approximate surface area is 261 Å². The van der Waals surface area contributed by atoms with E-state index < -0.39 is 0 Å². The van der Waals surface area contributed by atoms with E-state index in [4.69, 9.17) is 34.9 Å². The number of aromatic nitrogens is 10. The molecule has 9 rings (SSSR count). The highest BCUT2D eigenvalue weighted by Gasteiger charge is 2.27. The smallest absolute Gasteiger partial charge is 0.229 e. The molecular formula is C34H25N11O. The Morgan fingerprint density at radius 3 is 1.78 bits per heavy atom. The predicted octanol–water partition coefficient (Wildman–Crippen LogP) is 6.48. The first kappa shape index (κ1) is 26.0. The van der Waals surface area contributed by atoms with Crippen molar-refractivity contribution in [2.24, 2.45) is 21.1 Å². The molecule has 0 N–H and O–H groups in total. The van der Waals surface area contributed by atoms with Crippen LogP contribution in [0.5, 0.6) is 0 Å². The van der Waals surface area contributed by atoms with Crippen LogP contribution in [0.4, 0.5) is 17.1 Å². The van der Waals surface area contributed by atoms with Crippen molar-refractivity contribution in [1.82, 2.24) is 50.0 Å². The molecule has 4 aromatic heterocycles. The van der Waals surface area contributed by atoms with Gasteiger partial charge in [-0.3, -0.25) is 0 Å². The molecule has 9 aromatic rings. The molecule has 4 heterocycles.